The second-order valence-corrected chi connectivity index (χ2v) is 5.19. The molecule has 3 nitrogen and oxygen atoms in total. The topological polar surface area (TPSA) is 38.1 Å². The van der Waals surface area contributed by atoms with Crippen LogP contribution in [0.25, 0.3) is 22.6 Å². The fourth-order valence-electron chi connectivity index (χ4n) is 2.39. The average Bonchev–Trinajstić information content (AvgIpc) is 3.01. The van der Waals surface area contributed by atoms with Crippen LogP contribution in [-0.2, 0) is 6.54 Å². The normalized spacial score (nSPS) is 10.8. The Morgan fingerprint density at radius 2 is 1.55 bits per heavy atom. The molecule has 3 rings (SSSR count). The molecule has 0 bridgehead atoms. The van der Waals surface area contributed by atoms with E-state index in [0.29, 0.717) is 6.54 Å². The molecule has 0 spiro atoms. The first-order valence-corrected chi connectivity index (χ1v) is 7.69. The minimum atomic E-state index is 0.653. The van der Waals surface area contributed by atoms with Gasteiger partial charge in [0.05, 0.1) is 6.54 Å². The number of hydrogen-bond acceptors (Lipinski definition) is 3. The summed E-state index contributed by atoms with van der Waals surface area (Å²) in [5, 5.41) is 3.34. The lowest BCUT2D eigenvalue weighted by atomic mass is 10.1. The van der Waals surface area contributed by atoms with Crippen LogP contribution in [0.15, 0.2) is 65.1 Å². The Bertz CT molecular complexity index is 648. The highest BCUT2D eigenvalue weighted by molar-refractivity contribution is 5.76. The summed E-state index contributed by atoms with van der Waals surface area (Å²) in [7, 11) is 0. The van der Waals surface area contributed by atoms with Crippen LogP contribution in [0.4, 0.5) is 0 Å². The summed E-state index contributed by atoms with van der Waals surface area (Å²) in [6, 6.07) is 20.3. The van der Waals surface area contributed by atoms with Crippen molar-refractivity contribution in [1.82, 2.24) is 10.3 Å². The summed E-state index contributed by atoms with van der Waals surface area (Å²) in [4.78, 5) is 4.70. The zero-order chi connectivity index (χ0) is 15.2. The molecule has 0 saturated heterocycles. The maximum absolute atomic E-state index is 6.03. The van der Waals surface area contributed by atoms with Crippen molar-refractivity contribution >= 4 is 0 Å². The Balaban J connectivity index is 1.99. The smallest absolute Gasteiger partial charge is 0.209 e. The number of rotatable bonds is 6. The molecule has 0 aliphatic carbocycles. The monoisotopic (exact) mass is 292 g/mol. The molecule has 0 atom stereocenters. The molecule has 1 aromatic heterocycles. The molecule has 1 N–H and O–H groups in total. The number of hydrogen-bond donors (Lipinski definition) is 1. The van der Waals surface area contributed by atoms with Crippen LogP contribution in [-0.4, -0.2) is 11.5 Å². The maximum atomic E-state index is 6.03. The van der Waals surface area contributed by atoms with Crippen molar-refractivity contribution in [3.05, 3.63) is 66.6 Å². The summed E-state index contributed by atoms with van der Waals surface area (Å²) < 4.78 is 6.03. The highest BCUT2D eigenvalue weighted by atomic mass is 16.4. The zero-order valence-corrected chi connectivity index (χ0v) is 12.8. The van der Waals surface area contributed by atoms with Crippen molar-refractivity contribution < 1.29 is 4.42 Å². The first-order chi connectivity index (χ1) is 10.9. The van der Waals surface area contributed by atoms with E-state index in [9.17, 15) is 0 Å². The predicted molar refractivity (Wildman–Crippen MR) is 89.4 cm³/mol. The van der Waals surface area contributed by atoms with Gasteiger partial charge in [-0.3, -0.25) is 0 Å². The van der Waals surface area contributed by atoms with E-state index in [1.165, 1.54) is 0 Å². The average molecular weight is 292 g/mol. The van der Waals surface area contributed by atoms with Crippen LogP contribution in [0.2, 0.25) is 0 Å². The van der Waals surface area contributed by atoms with Gasteiger partial charge in [0.15, 0.2) is 5.76 Å². The number of nitrogens with zero attached hydrogens (tertiary/aromatic N) is 1. The lowest BCUT2D eigenvalue weighted by Gasteiger charge is -2.00. The number of benzene rings is 2. The summed E-state index contributed by atoms with van der Waals surface area (Å²) in [5.74, 6) is 1.56. The van der Waals surface area contributed by atoms with Crippen LogP contribution >= 0.6 is 0 Å². The molecular weight excluding hydrogens is 272 g/mol. The molecule has 0 fully saturated rings. The lowest BCUT2D eigenvalue weighted by molar-refractivity contribution is 0.478. The van der Waals surface area contributed by atoms with Gasteiger partial charge in [-0.2, -0.15) is 0 Å². The molecule has 3 aromatic rings. The molecule has 0 aliphatic rings. The Morgan fingerprint density at radius 1 is 0.909 bits per heavy atom. The SMILES string of the molecule is CCCNCc1nc(-c2ccccc2)c(-c2ccccc2)o1. The standard InChI is InChI=1S/C19H20N2O/c1-2-13-20-14-17-21-18(15-9-5-3-6-10-15)19(22-17)16-11-7-4-8-12-16/h3-12,20H,2,13-14H2,1H3. The molecule has 0 amide bonds. The fraction of sp³-hybridized carbons (Fsp3) is 0.211. The molecule has 1 heterocycles. The van der Waals surface area contributed by atoms with Gasteiger partial charge < -0.3 is 9.73 Å². The molecule has 112 valence electrons. The van der Waals surface area contributed by atoms with E-state index in [2.05, 4.69) is 36.5 Å². The third-order valence-corrected chi connectivity index (χ3v) is 3.46. The van der Waals surface area contributed by atoms with Crippen LogP contribution in [0, 0.1) is 0 Å². The number of aromatic nitrogens is 1. The largest absolute Gasteiger partial charge is 0.439 e. The maximum Gasteiger partial charge on any atom is 0.209 e. The van der Waals surface area contributed by atoms with E-state index in [1.807, 2.05) is 36.4 Å². The molecule has 2 aromatic carbocycles. The van der Waals surface area contributed by atoms with Crippen molar-refractivity contribution in [1.29, 1.82) is 0 Å². The summed E-state index contributed by atoms with van der Waals surface area (Å²) in [5.41, 5.74) is 3.03. The number of oxazole rings is 1. The van der Waals surface area contributed by atoms with Crippen molar-refractivity contribution in [2.45, 2.75) is 19.9 Å². The summed E-state index contributed by atoms with van der Waals surface area (Å²) >= 11 is 0. The number of nitrogens with one attached hydrogen (secondary N) is 1. The van der Waals surface area contributed by atoms with Gasteiger partial charge in [0, 0.05) is 11.1 Å². The van der Waals surface area contributed by atoms with Gasteiger partial charge in [-0.25, -0.2) is 4.98 Å². The molecule has 0 saturated carbocycles. The molecule has 0 unspecified atom stereocenters. The molecule has 3 heteroatoms. The Hall–Kier alpha value is -2.39. The van der Waals surface area contributed by atoms with Gasteiger partial charge in [0.25, 0.3) is 0 Å². The summed E-state index contributed by atoms with van der Waals surface area (Å²) in [6.45, 7) is 3.76. The van der Waals surface area contributed by atoms with E-state index in [1.54, 1.807) is 0 Å². The second kappa shape index (κ2) is 7.05. The minimum absolute atomic E-state index is 0.653. The Kier molecular flexibility index (Phi) is 4.66. The van der Waals surface area contributed by atoms with E-state index < -0.39 is 0 Å². The van der Waals surface area contributed by atoms with E-state index in [-0.39, 0.29) is 0 Å². The van der Waals surface area contributed by atoms with Gasteiger partial charge in [0.1, 0.15) is 5.69 Å². The van der Waals surface area contributed by atoms with Crippen molar-refractivity contribution in [3.8, 4) is 22.6 Å². The van der Waals surface area contributed by atoms with Gasteiger partial charge in [-0.1, -0.05) is 67.6 Å². The van der Waals surface area contributed by atoms with E-state index in [4.69, 9.17) is 9.40 Å². The van der Waals surface area contributed by atoms with Crippen molar-refractivity contribution in [3.63, 3.8) is 0 Å². The zero-order valence-electron chi connectivity index (χ0n) is 12.8. The molecule has 0 radical (unpaired) electrons. The van der Waals surface area contributed by atoms with Crippen LogP contribution in [0.3, 0.4) is 0 Å². The molecular formula is C19H20N2O. The van der Waals surface area contributed by atoms with Crippen molar-refractivity contribution in [2.75, 3.05) is 6.54 Å². The van der Waals surface area contributed by atoms with Crippen LogP contribution in [0.1, 0.15) is 19.2 Å². The molecule has 22 heavy (non-hydrogen) atoms. The Morgan fingerprint density at radius 3 is 2.18 bits per heavy atom. The fourth-order valence-corrected chi connectivity index (χ4v) is 2.39. The first kappa shape index (κ1) is 14.5. The van der Waals surface area contributed by atoms with Crippen LogP contribution < -0.4 is 5.32 Å². The van der Waals surface area contributed by atoms with Gasteiger partial charge >= 0.3 is 0 Å². The summed E-state index contributed by atoms with van der Waals surface area (Å²) in [6.07, 6.45) is 1.10. The van der Waals surface area contributed by atoms with E-state index >= 15 is 0 Å². The Labute approximate surface area is 131 Å². The quantitative estimate of drug-likeness (QED) is 0.679. The van der Waals surface area contributed by atoms with Gasteiger partial charge in [-0.05, 0) is 13.0 Å². The second-order valence-electron chi connectivity index (χ2n) is 5.19. The van der Waals surface area contributed by atoms with Crippen LogP contribution in [0.5, 0.6) is 0 Å². The predicted octanol–water partition coefficient (Wildman–Crippen LogP) is 4.51. The highest BCUT2D eigenvalue weighted by Crippen LogP contribution is 2.32. The van der Waals surface area contributed by atoms with Gasteiger partial charge in [0.2, 0.25) is 5.89 Å². The first-order valence-electron chi connectivity index (χ1n) is 7.69. The van der Waals surface area contributed by atoms with E-state index in [0.717, 1.165) is 41.4 Å². The third kappa shape index (κ3) is 3.26. The molecule has 0 aliphatic heterocycles. The van der Waals surface area contributed by atoms with Crippen molar-refractivity contribution in [2.24, 2.45) is 0 Å². The third-order valence-electron chi connectivity index (χ3n) is 3.46. The minimum Gasteiger partial charge on any atom is -0.439 e. The lowest BCUT2D eigenvalue weighted by Crippen LogP contribution is -2.13. The van der Waals surface area contributed by atoms with Gasteiger partial charge in [-0.15, -0.1) is 0 Å². The highest BCUT2D eigenvalue weighted by Gasteiger charge is 2.16.